The van der Waals surface area contributed by atoms with Crippen molar-refractivity contribution in [2.75, 3.05) is 52.5 Å². The number of aromatic amines is 2. The summed E-state index contributed by atoms with van der Waals surface area (Å²) in [6, 6.07) is 0. The van der Waals surface area contributed by atoms with Gasteiger partial charge >= 0.3 is 27.1 Å². The smallest absolute Gasteiger partial charge is 0.387 e. The van der Waals surface area contributed by atoms with Gasteiger partial charge in [0.2, 0.25) is 18.0 Å². The predicted octanol–water partition coefficient (Wildman–Crippen LogP) is -3.86. The number of nitrogen functional groups attached to an aromatic ring is 1. The number of aliphatic hydroxyl groups is 3. The van der Waals surface area contributed by atoms with E-state index in [-0.39, 0.29) is 36.3 Å². The lowest BCUT2D eigenvalue weighted by Gasteiger charge is -2.18. The van der Waals surface area contributed by atoms with Crippen molar-refractivity contribution in [3.63, 3.8) is 0 Å². The first-order valence-corrected chi connectivity index (χ1v) is 19.4. The number of anilines is 1. The van der Waals surface area contributed by atoms with Crippen LogP contribution in [0.5, 0.6) is 0 Å². The molecule has 0 bridgehead atoms. The van der Waals surface area contributed by atoms with E-state index in [1.165, 1.54) is 33.5 Å². The maximum atomic E-state index is 12.5. The highest BCUT2D eigenvalue weighted by Gasteiger charge is 2.50. The number of rotatable bonds is 17. The molecule has 0 amide bonds. The molecule has 55 heavy (non-hydrogen) atoms. The lowest BCUT2D eigenvalue weighted by atomic mass is 10.1. The van der Waals surface area contributed by atoms with E-state index in [9.17, 15) is 39.0 Å². The van der Waals surface area contributed by atoms with E-state index in [2.05, 4.69) is 31.8 Å². The molecule has 0 aliphatic carbocycles. The van der Waals surface area contributed by atoms with Crippen LogP contribution in [0.4, 0.5) is 11.8 Å². The Kier molecular flexibility index (Phi) is 12.2. The van der Waals surface area contributed by atoms with Gasteiger partial charge in [0, 0.05) is 7.11 Å². The van der Waals surface area contributed by atoms with Crippen LogP contribution in [0.2, 0.25) is 0 Å². The zero-order valence-corrected chi connectivity index (χ0v) is 31.0. The number of aromatic nitrogens is 6. The highest BCUT2D eigenvalue weighted by molar-refractivity contribution is 7.47. The number of phosphoric ester groups is 2. The first kappa shape index (κ1) is 41.0. The Morgan fingerprint density at radius 1 is 0.945 bits per heavy atom. The molecule has 6 heterocycles. The number of guanidine groups is 1. The number of fused-ring (bicyclic) bond motifs is 2. The number of aliphatic hydroxyl groups excluding tert-OH is 3. The second-order valence-electron chi connectivity index (χ2n) is 12.3. The number of nitrogens with two attached hydrogens (primary N) is 2. The van der Waals surface area contributed by atoms with Gasteiger partial charge in [-0.1, -0.05) is 16.6 Å². The average Bonchev–Trinajstić information content (AvgIpc) is 3.84. The fraction of sp³-hybridized carbons (Fsp3) is 0.593. The van der Waals surface area contributed by atoms with Gasteiger partial charge in [-0.25, -0.2) is 18.3 Å². The fourth-order valence-electron chi connectivity index (χ4n) is 6.10. The third-order valence-corrected chi connectivity index (χ3v) is 10.6. The summed E-state index contributed by atoms with van der Waals surface area (Å²) in [5.74, 6) is 0.252. The molecular weight excluding hydrogens is 782 g/mol. The summed E-state index contributed by atoms with van der Waals surface area (Å²) < 4.78 is 71.1. The first-order chi connectivity index (χ1) is 26.0. The van der Waals surface area contributed by atoms with Crippen LogP contribution in [0.25, 0.3) is 16.9 Å². The Hall–Kier alpha value is -3.69. The van der Waals surface area contributed by atoms with Crippen molar-refractivity contribution >= 4 is 50.2 Å². The average molecular weight is 825 g/mol. The van der Waals surface area contributed by atoms with Crippen LogP contribution in [0.3, 0.4) is 0 Å². The van der Waals surface area contributed by atoms with Gasteiger partial charge in [0.05, 0.1) is 52.4 Å². The Bertz CT molecular complexity index is 2080. The third-order valence-electron chi connectivity index (χ3n) is 8.65. The molecule has 2 fully saturated rings. The Balaban J connectivity index is 0.895. The van der Waals surface area contributed by atoms with Crippen LogP contribution >= 0.6 is 15.6 Å². The molecule has 0 aromatic carbocycles. The van der Waals surface area contributed by atoms with Crippen LogP contribution in [-0.2, 0) is 53.2 Å². The number of phosphoric acid groups is 2. The summed E-state index contributed by atoms with van der Waals surface area (Å²) in [5.41, 5.74) is 12.1. The van der Waals surface area contributed by atoms with Crippen molar-refractivity contribution in [2.45, 2.75) is 49.1 Å². The lowest BCUT2D eigenvalue weighted by Crippen LogP contribution is -2.47. The molecule has 304 valence electrons. The van der Waals surface area contributed by atoms with Crippen LogP contribution < -0.4 is 31.5 Å². The zero-order chi connectivity index (χ0) is 39.8. The van der Waals surface area contributed by atoms with Gasteiger partial charge in [-0.2, -0.15) is 0 Å². The molecule has 12 N–H and O–H groups in total. The van der Waals surface area contributed by atoms with Gasteiger partial charge in [0.1, 0.15) is 36.6 Å². The van der Waals surface area contributed by atoms with Crippen molar-refractivity contribution < 1.29 is 80.4 Å². The summed E-state index contributed by atoms with van der Waals surface area (Å²) in [7, 11) is -6.47. The van der Waals surface area contributed by atoms with Gasteiger partial charge in [-0.15, -0.1) is 0 Å². The number of aryl methyl sites for hydroxylation is 1. The van der Waals surface area contributed by atoms with Gasteiger partial charge in [-0.3, -0.25) is 37.4 Å². The topological polar surface area (TPSA) is 360 Å². The van der Waals surface area contributed by atoms with Gasteiger partial charge < -0.3 is 60.8 Å². The summed E-state index contributed by atoms with van der Waals surface area (Å²) >= 11 is 0. The van der Waals surface area contributed by atoms with Crippen LogP contribution in [-0.4, -0.2) is 134 Å². The van der Waals surface area contributed by atoms with Crippen molar-refractivity contribution in [3.05, 3.63) is 35.3 Å². The van der Waals surface area contributed by atoms with E-state index in [1.54, 1.807) is 7.05 Å². The molecule has 3 aliphatic rings. The lowest BCUT2D eigenvalue weighted by molar-refractivity contribution is -0.754. The van der Waals surface area contributed by atoms with E-state index < -0.39 is 96.7 Å². The highest BCUT2D eigenvalue weighted by Crippen LogP contribution is 2.45. The minimum atomic E-state index is -4.71. The van der Waals surface area contributed by atoms with Crippen molar-refractivity contribution in [2.24, 2.45) is 17.8 Å². The first-order valence-electron chi connectivity index (χ1n) is 16.4. The minimum absolute atomic E-state index is 0.0596. The second kappa shape index (κ2) is 16.4. The van der Waals surface area contributed by atoms with Gasteiger partial charge in [0.25, 0.3) is 17.5 Å². The summed E-state index contributed by atoms with van der Waals surface area (Å²) in [6.45, 7) is 1.20. The Morgan fingerprint density at radius 2 is 1.56 bits per heavy atom. The van der Waals surface area contributed by atoms with Crippen LogP contribution in [0.1, 0.15) is 18.1 Å². The molecule has 0 radical (unpaired) electrons. The van der Waals surface area contributed by atoms with Crippen LogP contribution in [0.15, 0.2) is 29.0 Å². The quantitative estimate of drug-likeness (QED) is 0.0354. The SMILES string of the molecule is C=C1NC(N)=Nc2c1[nH]c[n+]2[C@@H]1OC(COP(=O)(O)OCCOCCOP(=O)(O)OC[C@H]2OC([n+]3cn(C)c4c(=O)[nH]c(N)nc43)[C@H](O)[C@@H]2O)[C@@H](O)[C@H]1OC. The van der Waals surface area contributed by atoms with Crippen molar-refractivity contribution in [1.29, 1.82) is 0 Å². The molecule has 6 rings (SSSR count). The number of imidazole rings is 2. The number of aliphatic imine (C=N–C) groups is 1. The molecule has 0 saturated carbocycles. The van der Waals surface area contributed by atoms with Crippen molar-refractivity contribution in [3.8, 4) is 0 Å². The molecule has 3 aromatic rings. The van der Waals surface area contributed by atoms with E-state index in [4.69, 9.17) is 48.5 Å². The normalized spacial score (nSPS) is 28.9. The fourth-order valence-corrected chi connectivity index (χ4v) is 7.53. The number of ether oxygens (including phenoxy) is 4. The molecule has 10 atom stereocenters. The second-order valence-corrected chi connectivity index (χ2v) is 15.3. The Labute approximate surface area is 310 Å². The number of nitrogens with one attached hydrogen (secondary N) is 3. The largest absolute Gasteiger partial charge is 0.472 e. The molecule has 28 heteroatoms. The summed E-state index contributed by atoms with van der Waals surface area (Å²) in [6.07, 6.45) is -7.00. The molecule has 3 aliphatic heterocycles. The van der Waals surface area contributed by atoms with Gasteiger partial charge in [0.15, 0.2) is 18.3 Å². The molecule has 4 unspecified atom stereocenters. The minimum Gasteiger partial charge on any atom is -0.387 e. The highest BCUT2D eigenvalue weighted by atomic mass is 31.2. The molecule has 2 saturated heterocycles. The van der Waals surface area contributed by atoms with Crippen molar-refractivity contribution in [1.82, 2.24) is 24.8 Å². The van der Waals surface area contributed by atoms with Crippen LogP contribution in [0, 0.1) is 0 Å². The number of nitrogens with zero attached hydrogens (tertiary/aromatic N) is 5. The molecule has 3 aromatic heterocycles. The third kappa shape index (κ3) is 8.83. The number of hydrogen-bond donors (Lipinski definition) is 10. The maximum absolute atomic E-state index is 12.5. The number of H-pyrrole nitrogens is 2. The predicted molar refractivity (Wildman–Crippen MR) is 181 cm³/mol. The zero-order valence-electron chi connectivity index (χ0n) is 29.2. The van der Waals surface area contributed by atoms with E-state index in [0.717, 1.165) is 0 Å². The maximum Gasteiger partial charge on any atom is 0.472 e. The molecule has 0 spiro atoms. The summed E-state index contributed by atoms with van der Waals surface area (Å²) in [4.78, 5) is 46.2. The monoisotopic (exact) mass is 824 g/mol. The number of methoxy groups -OCH3 is 1. The molecular formula is C27H42N10O16P2+2. The van der Waals surface area contributed by atoms with E-state index in [0.29, 0.717) is 17.2 Å². The van der Waals surface area contributed by atoms with E-state index in [1.807, 2.05) is 0 Å². The summed E-state index contributed by atoms with van der Waals surface area (Å²) in [5, 5.41) is 34.8. The molecule has 26 nitrogen and oxygen atoms in total. The standard InChI is InChI=1S/C27H40N10O16P2/c1-12-15-21(32-26(28)31-12)36(10-30-15)25-20(46-3)18(39)14(53-25)9-51-55(44,45)49-7-5-47-4-6-48-54(42,43)50-8-13-17(38)19(40)24(52-13)37-11-35(2)16-22(37)33-27(29)34-23(16)41/h10-11,13-14,17-20,24-25,38-40H,1,4-9H2,2-3H3,(H7-,28,29,31,32,33,34,41,42,43,44,45)/p+2/t13-,14?,17-,18-,19-,20-,24?,25-/m1/s1. The van der Waals surface area contributed by atoms with E-state index >= 15 is 0 Å². The Morgan fingerprint density at radius 3 is 2.20 bits per heavy atom. The van der Waals surface area contributed by atoms with Gasteiger partial charge in [-0.05, 0) is 0 Å². The number of hydrogen-bond acceptors (Lipinski definition) is 19.